The minimum Gasteiger partial charge on any atom is -0.388 e. The van der Waals surface area contributed by atoms with E-state index in [0.717, 1.165) is 35.4 Å². The molecule has 4 heteroatoms. The third-order valence-corrected chi connectivity index (χ3v) is 4.75. The van der Waals surface area contributed by atoms with Gasteiger partial charge >= 0.3 is 0 Å². The highest BCUT2D eigenvalue weighted by Crippen LogP contribution is 2.31. The first-order valence-corrected chi connectivity index (χ1v) is 7.37. The normalized spacial score (nSPS) is 28.1. The molecule has 2 N–H and O–H groups in total. The Kier molecular flexibility index (Phi) is 4.07. The summed E-state index contributed by atoms with van der Waals surface area (Å²) in [4.78, 5) is 13.7. The Balaban J connectivity index is 1.86. The average Bonchev–Trinajstić information content (AvgIpc) is 2.77. The van der Waals surface area contributed by atoms with Crippen molar-refractivity contribution in [1.82, 2.24) is 5.32 Å². The van der Waals surface area contributed by atoms with Crippen LogP contribution in [0.2, 0.25) is 0 Å². The molecule has 2 rings (SSSR count). The monoisotopic (exact) mass is 267 g/mol. The first kappa shape index (κ1) is 13.6. The van der Waals surface area contributed by atoms with Gasteiger partial charge in [-0.25, -0.2) is 0 Å². The Hall–Kier alpha value is -0.870. The molecule has 0 spiro atoms. The minimum atomic E-state index is -0.700. The van der Waals surface area contributed by atoms with Gasteiger partial charge in [0.05, 0.1) is 10.5 Å². The molecule has 1 aliphatic carbocycles. The van der Waals surface area contributed by atoms with Crippen LogP contribution in [0.1, 0.15) is 47.2 Å². The van der Waals surface area contributed by atoms with Gasteiger partial charge in [0.2, 0.25) is 0 Å². The molecular weight excluding hydrogens is 246 g/mol. The van der Waals surface area contributed by atoms with Gasteiger partial charge in [0, 0.05) is 11.4 Å². The molecule has 1 amide bonds. The van der Waals surface area contributed by atoms with E-state index >= 15 is 0 Å². The summed E-state index contributed by atoms with van der Waals surface area (Å²) in [6, 6.07) is 3.78. The van der Waals surface area contributed by atoms with Crippen LogP contribution in [0.15, 0.2) is 12.1 Å². The smallest absolute Gasteiger partial charge is 0.261 e. The van der Waals surface area contributed by atoms with Crippen molar-refractivity contribution in [3.8, 4) is 0 Å². The first-order chi connectivity index (χ1) is 8.48. The second kappa shape index (κ2) is 5.41. The van der Waals surface area contributed by atoms with Crippen molar-refractivity contribution in [2.75, 3.05) is 6.54 Å². The molecule has 1 fully saturated rings. The van der Waals surface area contributed by atoms with Gasteiger partial charge in [-0.05, 0) is 50.7 Å². The fourth-order valence-electron chi connectivity index (χ4n) is 2.36. The number of rotatable bonds is 3. The standard InChI is InChI=1S/C14H21NO2S/c1-10-5-7-14(17,8-6-10)9-15-13(16)12-4-3-11(2)18-12/h3-4,10,17H,5-9H2,1-2H3,(H,15,16). The summed E-state index contributed by atoms with van der Waals surface area (Å²) < 4.78 is 0. The lowest BCUT2D eigenvalue weighted by Crippen LogP contribution is -2.45. The molecule has 0 radical (unpaired) electrons. The Labute approximate surface area is 112 Å². The van der Waals surface area contributed by atoms with Gasteiger partial charge in [-0.3, -0.25) is 4.79 Å². The molecule has 0 saturated heterocycles. The lowest BCUT2D eigenvalue weighted by molar-refractivity contribution is -0.00536. The molecule has 1 aromatic rings. The zero-order chi connectivity index (χ0) is 13.2. The Morgan fingerprint density at radius 2 is 2.17 bits per heavy atom. The van der Waals surface area contributed by atoms with Crippen molar-refractivity contribution < 1.29 is 9.90 Å². The van der Waals surface area contributed by atoms with E-state index in [1.807, 2.05) is 19.1 Å². The molecular formula is C14H21NO2S. The van der Waals surface area contributed by atoms with Crippen LogP contribution in [0.5, 0.6) is 0 Å². The van der Waals surface area contributed by atoms with Crippen molar-refractivity contribution in [3.63, 3.8) is 0 Å². The highest BCUT2D eigenvalue weighted by molar-refractivity contribution is 7.13. The van der Waals surface area contributed by atoms with Crippen LogP contribution < -0.4 is 5.32 Å². The Morgan fingerprint density at radius 3 is 2.72 bits per heavy atom. The molecule has 1 saturated carbocycles. The quantitative estimate of drug-likeness (QED) is 0.884. The van der Waals surface area contributed by atoms with Gasteiger partial charge in [0.15, 0.2) is 0 Å². The maximum Gasteiger partial charge on any atom is 0.261 e. The van der Waals surface area contributed by atoms with E-state index in [1.54, 1.807) is 0 Å². The topological polar surface area (TPSA) is 49.3 Å². The van der Waals surface area contributed by atoms with Gasteiger partial charge < -0.3 is 10.4 Å². The minimum absolute atomic E-state index is 0.0693. The summed E-state index contributed by atoms with van der Waals surface area (Å²) in [6.45, 7) is 4.57. The molecule has 0 aliphatic heterocycles. The fourth-order valence-corrected chi connectivity index (χ4v) is 3.15. The van der Waals surface area contributed by atoms with E-state index in [2.05, 4.69) is 12.2 Å². The van der Waals surface area contributed by atoms with Crippen molar-refractivity contribution in [3.05, 3.63) is 21.9 Å². The number of hydrogen-bond acceptors (Lipinski definition) is 3. The van der Waals surface area contributed by atoms with Crippen LogP contribution in [0.25, 0.3) is 0 Å². The molecule has 100 valence electrons. The van der Waals surface area contributed by atoms with E-state index in [-0.39, 0.29) is 5.91 Å². The van der Waals surface area contributed by atoms with E-state index in [0.29, 0.717) is 12.5 Å². The Bertz CT molecular complexity index is 419. The molecule has 0 atom stereocenters. The van der Waals surface area contributed by atoms with Crippen molar-refractivity contribution in [2.24, 2.45) is 5.92 Å². The second-order valence-electron chi connectivity index (χ2n) is 5.50. The summed E-state index contributed by atoms with van der Waals surface area (Å²) in [7, 11) is 0. The van der Waals surface area contributed by atoms with Gasteiger partial charge in [-0.1, -0.05) is 6.92 Å². The second-order valence-corrected chi connectivity index (χ2v) is 6.79. The van der Waals surface area contributed by atoms with Crippen molar-refractivity contribution in [2.45, 2.75) is 45.1 Å². The first-order valence-electron chi connectivity index (χ1n) is 6.55. The highest BCUT2D eigenvalue weighted by Gasteiger charge is 2.32. The number of hydrogen-bond donors (Lipinski definition) is 2. The van der Waals surface area contributed by atoms with Gasteiger partial charge in [0.1, 0.15) is 0 Å². The zero-order valence-corrected chi connectivity index (χ0v) is 11.8. The van der Waals surface area contributed by atoms with Crippen LogP contribution in [-0.2, 0) is 0 Å². The lowest BCUT2D eigenvalue weighted by atomic mass is 9.79. The fraction of sp³-hybridized carbons (Fsp3) is 0.643. The molecule has 0 bridgehead atoms. The number of aliphatic hydroxyl groups is 1. The number of thiophene rings is 1. The highest BCUT2D eigenvalue weighted by atomic mass is 32.1. The average molecular weight is 267 g/mol. The summed E-state index contributed by atoms with van der Waals surface area (Å²) >= 11 is 1.49. The number of carbonyl (C=O) groups is 1. The van der Waals surface area contributed by atoms with E-state index < -0.39 is 5.60 Å². The Morgan fingerprint density at radius 1 is 1.50 bits per heavy atom. The van der Waals surface area contributed by atoms with Crippen molar-refractivity contribution in [1.29, 1.82) is 0 Å². The van der Waals surface area contributed by atoms with E-state index in [1.165, 1.54) is 11.3 Å². The molecule has 18 heavy (non-hydrogen) atoms. The zero-order valence-electron chi connectivity index (χ0n) is 11.0. The third-order valence-electron chi connectivity index (χ3n) is 3.75. The van der Waals surface area contributed by atoms with Gasteiger partial charge in [0.25, 0.3) is 5.91 Å². The number of nitrogens with one attached hydrogen (secondary N) is 1. The number of amides is 1. The SMILES string of the molecule is Cc1ccc(C(=O)NCC2(O)CCC(C)CC2)s1. The summed E-state index contributed by atoms with van der Waals surface area (Å²) in [6.07, 6.45) is 3.67. The number of aryl methyl sites for hydroxylation is 1. The molecule has 1 aromatic heterocycles. The summed E-state index contributed by atoms with van der Waals surface area (Å²) in [5, 5.41) is 13.2. The van der Waals surface area contributed by atoms with Crippen LogP contribution in [-0.4, -0.2) is 23.2 Å². The number of carbonyl (C=O) groups excluding carboxylic acids is 1. The van der Waals surface area contributed by atoms with Crippen LogP contribution >= 0.6 is 11.3 Å². The largest absolute Gasteiger partial charge is 0.388 e. The lowest BCUT2D eigenvalue weighted by Gasteiger charge is -2.34. The van der Waals surface area contributed by atoms with Crippen molar-refractivity contribution >= 4 is 17.2 Å². The molecule has 1 aliphatic rings. The van der Waals surface area contributed by atoms with Gasteiger partial charge in [-0.2, -0.15) is 0 Å². The maximum atomic E-state index is 11.9. The summed E-state index contributed by atoms with van der Waals surface area (Å²) in [5.41, 5.74) is -0.700. The third kappa shape index (κ3) is 3.33. The van der Waals surface area contributed by atoms with E-state index in [9.17, 15) is 9.90 Å². The summed E-state index contributed by atoms with van der Waals surface area (Å²) in [5.74, 6) is 0.626. The molecule has 0 aromatic carbocycles. The van der Waals surface area contributed by atoms with Crippen LogP contribution in [0.4, 0.5) is 0 Å². The van der Waals surface area contributed by atoms with E-state index in [4.69, 9.17) is 0 Å². The molecule has 0 unspecified atom stereocenters. The maximum absolute atomic E-state index is 11.9. The predicted molar refractivity (Wildman–Crippen MR) is 74.0 cm³/mol. The van der Waals surface area contributed by atoms with Gasteiger partial charge in [-0.15, -0.1) is 11.3 Å². The molecule has 1 heterocycles. The van der Waals surface area contributed by atoms with Crippen LogP contribution in [0.3, 0.4) is 0 Å². The predicted octanol–water partition coefficient (Wildman–Crippen LogP) is 2.73. The van der Waals surface area contributed by atoms with Crippen LogP contribution in [0, 0.1) is 12.8 Å². The molecule has 3 nitrogen and oxygen atoms in total.